The second-order valence-electron chi connectivity index (χ2n) is 4.87. The topological polar surface area (TPSA) is 32.3 Å². The van der Waals surface area contributed by atoms with Crippen LogP contribution < -0.4 is 5.32 Å². The Morgan fingerprint density at radius 3 is 2.88 bits per heavy atom. The van der Waals surface area contributed by atoms with Gasteiger partial charge in [0.05, 0.1) is 0 Å². The fraction of sp³-hybridized carbons (Fsp3) is 0.923. The molecule has 0 aromatic carbocycles. The lowest BCUT2D eigenvalue weighted by atomic mass is 10.0. The van der Waals surface area contributed by atoms with Crippen molar-refractivity contribution in [2.45, 2.75) is 52.5 Å². The minimum Gasteiger partial charge on any atom is -0.341 e. The number of hydrogen-bond donors (Lipinski definition) is 1. The standard InChI is InChI=1S/C13H26N2O/c1-4-7-11(3)13(16)15-9-6-8-12(10-15)14-5-2/h11-12,14H,4-10H2,1-3H3. The second-order valence-corrected chi connectivity index (χ2v) is 4.87. The lowest BCUT2D eigenvalue weighted by molar-refractivity contribution is -0.136. The van der Waals surface area contributed by atoms with E-state index in [-0.39, 0.29) is 5.92 Å². The van der Waals surface area contributed by atoms with E-state index >= 15 is 0 Å². The van der Waals surface area contributed by atoms with Crippen LogP contribution in [-0.2, 0) is 4.79 Å². The quantitative estimate of drug-likeness (QED) is 0.778. The van der Waals surface area contributed by atoms with Crippen LogP contribution in [0, 0.1) is 5.92 Å². The first-order valence-electron chi connectivity index (χ1n) is 6.71. The molecular weight excluding hydrogens is 200 g/mol. The first-order chi connectivity index (χ1) is 7.69. The monoisotopic (exact) mass is 226 g/mol. The molecule has 94 valence electrons. The highest BCUT2D eigenvalue weighted by molar-refractivity contribution is 5.78. The molecule has 1 aliphatic rings. The highest BCUT2D eigenvalue weighted by Crippen LogP contribution is 2.15. The number of carbonyl (C=O) groups excluding carboxylic acids is 1. The molecule has 16 heavy (non-hydrogen) atoms. The SMILES string of the molecule is CCCC(C)C(=O)N1CCCC(NCC)C1. The number of nitrogens with zero attached hydrogens (tertiary/aromatic N) is 1. The molecule has 2 unspecified atom stereocenters. The maximum atomic E-state index is 12.1. The van der Waals surface area contributed by atoms with Gasteiger partial charge in [0.25, 0.3) is 0 Å². The summed E-state index contributed by atoms with van der Waals surface area (Å²) in [6.07, 6.45) is 4.46. The van der Waals surface area contributed by atoms with Crippen LogP contribution >= 0.6 is 0 Å². The van der Waals surface area contributed by atoms with Gasteiger partial charge in [0.1, 0.15) is 0 Å². The summed E-state index contributed by atoms with van der Waals surface area (Å²) in [5.74, 6) is 0.551. The van der Waals surface area contributed by atoms with Gasteiger partial charge in [0.15, 0.2) is 0 Å². The van der Waals surface area contributed by atoms with E-state index in [2.05, 4.69) is 31.0 Å². The largest absolute Gasteiger partial charge is 0.341 e. The van der Waals surface area contributed by atoms with E-state index < -0.39 is 0 Å². The van der Waals surface area contributed by atoms with Crippen molar-refractivity contribution >= 4 is 5.91 Å². The highest BCUT2D eigenvalue weighted by atomic mass is 16.2. The minimum absolute atomic E-state index is 0.199. The van der Waals surface area contributed by atoms with Gasteiger partial charge >= 0.3 is 0 Å². The van der Waals surface area contributed by atoms with Gasteiger partial charge in [0, 0.05) is 25.0 Å². The van der Waals surface area contributed by atoms with E-state index in [1.54, 1.807) is 0 Å². The van der Waals surface area contributed by atoms with Gasteiger partial charge in [-0.05, 0) is 25.8 Å². The number of hydrogen-bond acceptors (Lipinski definition) is 2. The Kier molecular flexibility index (Phi) is 5.81. The van der Waals surface area contributed by atoms with Crippen LogP contribution in [0.2, 0.25) is 0 Å². The Balaban J connectivity index is 2.43. The first-order valence-corrected chi connectivity index (χ1v) is 6.71. The van der Waals surface area contributed by atoms with E-state index in [0.29, 0.717) is 11.9 Å². The fourth-order valence-electron chi connectivity index (χ4n) is 2.50. The van der Waals surface area contributed by atoms with Crippen LogP contribution in [0.25, 0.3) is 0 Å². The molecule has 3 heteroatoms. The molecule has 0 radical (unpaired) electrons. The maximum Gasteiger partial charge on any atom is 0.225 e. The van der Waals surface area contributed by atoms with E-state index in [1.807, 2.05) is 0 Å². The van der Waals surface area contributed by atoms with Gasteiger partial charge in [-0.1, -0.05) is 27.2 Å². The third kappa shape index (κ3) is 3.78. The molecule has 0 bridgehead atoms. The number of likely N-dealkylation sites (N-methyl/N-ethyl adjacent to an activating group) is 1. The van der Waals surface area contributed by atoms with Crippen molar-refractivity contribution in [2.75, 3.05) is 19.6 Å². The first kappa shape index (κ1) is 13.5. The molecule has 1 N–H and O–H groups in total. The van der Waals surface area contributed by atoms with E-state index in [9.17, 15) is 4.79 Å². The van der Waals surface area contributed by atoms with Crippen molar-refractivity contribution < 1.29 is 4.79 Å². The zero-order chi connectivity index (χ0) is 12.0. The zero-order valence-corrected chi connectivity index (χ0v) is 11.0. The lowest BCUT2D eigenvalue weighted by Crippen LogP contribution is -2.49. The Morgan fingerprint density at radius 1 is 1.50 bits per heavy atom. The van der Waals surface area contributed by atoms with Crippen molar-refractivity contribution in [3.63, 3.8) is 0 Å². The van der Waals surface area contributed by atoms with E-state index in [0.717, 1.165) is 38.9 Å². The molecule has 1 heterocycles. The normalized spacial score (nSPS) is 23.2. The predicted molar refractivity (Wildman–Crippen MR) is 67.4 cm³/mol. The van der Waals surface area contributed by atoms with Crippen LogP contribution in [0.4, 0.5) is 0 Å². The molecule has 1 saturated heterocycles. The molecule has 3 nitrogen and oxygen atoms in total. The summed E-state index contributed by atoms with van der Waals surface area (Å²) in [5, 5.41) is 3.45. The summed E-state index contributed by atoms with van der Waals surface area (Å²) < 4.78 is 0. The Morgan fingerprint density at radius 2 is 2.25 bits per heavy atom. The molecule has 0 saturated carbocycles. The molecule has 1 aliphatic heterocycles. The Hall–Kier alpha value is -0.570. The molecule has 0 aromatic rings. The van der Waals surface area contributed by atoms with Gasteiger partial charge in [0.2, 0.25) is 5.91 Å². The molecule has 0 aromatic heterocycles. The third-order valence-corrected chi connectivity index (χ3v) is 3.37. The van der Waals surface area contributed by atoms with E-state index in [4.69, 9.17) is 0 Å². The summed E-state index contributed by atoms with van der Waals surface area (Å²) in [7, 11) is 0. The molecular formula is C13H26N2O. The van der Waals surface area contributed by atoms with Crippen LogP contribution in [0.15, 0.2) is 0 Å². The second kappa shape index (κ2) is 6.89. The molecule has 1 rings (SSSR count). The number of carbonyl (C=O) groups is 1. The van der Waals surface area contributed by atoms with Crippen molar-refractivity contribution in [2.24, 2.45) is 5.92 Å². The maximum absolute atomic E-state index is 12.1. The smallest absolute Gasteiger partial charge is 0.225 e. The molecule has 0 spiro atoms. The number of nitrogens with one attached hydrogen (secondary N) is 1. The summed E-state index contributed by atoms with van der Waals surface area (Å²) in [6.45, 7) is 9.18. The van der Waals surface area contributed by atoms with E-state index in [1.165, 1.54) is 6.42 Å². The van der Waals surface area contributed by atoms with Crippen LogP contribution in [0.5, 0.6) is 0 Å². The van der Waals surface area contributed by atoms with Crippen molar-refractivity contribution in [1.29, 1.82) is 0 Å². The molecule has 1 amide bonds. The van der Waals surface area contributed by atoms with Gasteiger partial charge < -0.3 is 10.2 Å². The lowest BCUT2D eigenvalue weighted by Gasteiger charge is -2.34. The Bertz CT molecular complexity index is 216. The number of likely N-dealkylation sites (tertiary alicyclic amines) is 1. The highest BCUT2D eigenvalue weighted by Gasteiger charge is 2.25. The van der Waals surface area contributed by atoms with Crippen molar-refractivity contribution in [1.82, 2.24) is 10.2 Å². The van der Waals surface area contributed by atoms with Gasteiger partial charge in [-0.2, -0.15) is 0 Å². The van der Waals surface area contributed by atoms with Crippen LogP contribution in [0.3, 0.4) is 0 Å². The van der Waals surface area contributed by atoms with Gasteiger partial charge in [-0.25, -0.2) is 0 Å². The summed E-state index contributed by atoms with van der Waals surface area (Å²) in [5.41, 5.74) is 0. The molecule has 0 aliphatic carbocycles. The number of piperidine rings is 1. The summed E-state index contributed by atoms with van der Waals surface area (Å²) >= 11 is 0. The van der Waals surface area contributed by atoms with Crippen LogP contribution in [0.1, 0.15) is 46.5 Å². The predicted octanol–water partition coefficient (Wildman–Crippen LogP) is 2.02. The van der Waals surface area contributed by atoms with Gasteiger partial charge in [-0.15, -0.1) is 0 Å². The minimum atomic E-state index is 0.199. The average molecular weight is 226 g/mol. The number of amides is 1. The van der Waals surface area contributed by atoms with Gasteiger partial charge in [-0.3, -0.25) is 4.79 Å². The van der Waals surface area contributed by atoms with Crippen molar-refractivity contribution in [3.05, 3.63) is 0 Å². The molecule has 1 fully saturated rings. The third-order valence-electron chi connectivity index (χ3n) is 3.37. The van der Waals surface area contributed by atoms with Crippen LogP contribution in [-0.4, -0.2) is 36.5 Å². The summed E-state index contributed by atoms with van der Waals surface area (Å²) in [6, 6.07) is 0.511. The number of rotatable bonds is 5. The fourth-order valence-corrected chi connectivity index (χ4v) is 2.50. The zero-order valence-electron chi connectivity index (χ0n) is 11.0. The molecule has 2 atom stereocenters. The Labute approximate surface area is 99.6 Å². The average Bonchev–Trinajstić information content (AvgIpc) is 2.29. The summed E-state index contributed by atoms with van der Waals surface area (Å²) in [4.78, 5) is 14.2. The van der Waals surface area contributed by atoms with Crippen molar-refractivity contribution in [3.8, 4) is 0 Å².